The lowest BCUT2D eigenvalue weighted by atomic mass is 10.1. The molecule has 1 N–H and O–H groups in total. The van der Waals surface area contributed by atoms with E-state index in [-0.39, 0.29) is 23.9 Å². The summed E-state index contributed by atoms with van der Waals surface area (Å²) in [7, 11) is 1.57. The van der Waals surface area contributed by atoms with Crippen LogP contribution in [0.5, 0.6) is 5.75 Å². The van der Waals surface area contributed by atoms with Crippen LogP contribution in [0.2, 0.25) is 5.15 Å². The van der Waals surface area contributed by atoms with Crippen LogP contribution in [0, 0.1) is 0 Å². The van der Waals surface area contributed by atoms with E-state index in [0.29, 0.717) is 17.0 Å². The van der Waals surface area contributed by atoms with Gasteiger partial charge in [-0.05, 0) is 29.8 Å². The highest BCUT2D eigenvalue weighted by molar-refractivity contribution is 6.32. The van der Waals surface area contributed by atoms with Crippen molar-refractivity contribution >= 4 is 17.5 Å². The number of hydrogen-bond acceptors (Lipinski definition) is 4. The average Bonchev–Trinajstić information content (AvgIpc) is 2.75. The van der Waals surface area contributed by atoms with Gasteiger partial charge >= 0.3 is 0 Å². The van der Waals surface area contributed by atoms with Crippen LogP contribution < -0.4 is 15.6 Å². The Morgan fingerprint density at radius 2 is 1.90 bits per heavy atom. The molecule has 0 aliphatic heterocycles. The Kier molecular flexibility index (Phi) is 6.46. The molecule has 0 fully saturated rings. The van der Waals surface area contributed by atoms with Gasteiger partial charge in [0, 0.05) is 12.1 Å². The highest BCUT2D eigenvalue weighted by Crippen LogP contribution is 2.28. The van der Waals surface area contributed by atoms with Crippen molar-refractivity contribution in [1.82, 2.24) is 14.9 Å². The van der Waals surface area contributed by atoms with Gasteiger partial charge < -0.3 is 10.1 Å². The van der Waals surface area contributed by atoms with Crippen molar-refractivity contribution in [1.29, 1.82) is 0 Å². The monoisotopic (exact) mass is 409 g/mol. The number of nitrogens with one attached hydrogen (secondary N) is 1. The quantitative estimate of drug-likeness (QED) is 0.606. The topological polar surface area (TPSA) is 73.2 Å². The summed E-state index contributed by atoms with van der Waals surface area (Å²) in [6.07, 6.45) is 1.52. The highest BCUT2D eigenvalue weighted by atomic mass is 35.5. The molecule has 0 unspecified atom stereocenters. The van der Waals surface area contributed by atoms with Crippen LogP contribution in [0.15, 0.2) is 72.0 Å². The molecule has 1 aromatic heterocycles. The summed E-state index contributed by atoms with van der Waals surface area (Å²) >= 11 is 6.46. The summed E-state index contributed by atoms with van der Waals surface area (Å²) in [5, 5.41) is 2.64. The number of rotatable bonds is 7. The molecule has 0 aliphatic carbocycles. The number of amides is 1. The molecule has 3 rings (SSSR count). The second-order valence-electron chi connectivity index (χ2n) is 6.20. The second kappa shape index (κ2) is 9.21. The number of carbonyl (C=O) groups excluding carboxylic acids is 1. The fraction of sp³-hybridized carbons (Fsp3) is 0.136. The van der Waals surface area contributed by atoms with Crippen LogP contribution in [0.25, 0.3) is 11.3 Å². The van der Waals surface area contributed by atoms with E-state index in [1.807, 2.05) is 30.3 Å². The lowest BCUT2D eigenvalue weighted by Gasteiger charge is -2.16. The lowest BCUT2D eigenvalue weighted by molar-refractivity contribution is 0.0950. The molecule has 148 valence electrons. The van der Waals surface area contributed by atoms with Crippen LogP contribution in [0.1, 0.15) is 16.1 Å². The second-order valence-corrected chi connectivity index (χ2v) is 6.56. The van der Waals surface area contributed by atoms with Gasteiger partial charge in [-0.25, -0.2) is 4.98 Å². The lowest BCUT2D eigenvalue weighted by Crippen LogP contribution is -2.35. The molecule has 0 atom stereocenters. The Hall–Kier alpha value is -3.38. The number of methoxy groups -OCH3 is 1. The maximum Gasteiger partial charge on any atom is 0.283 e. The maximum atomic E-state index is 13.2. The smallest absolute Gasteiger partial charge is 0.283 e. The predicted molar refractivity (Wildman–Crippen MR) is 114 cm³/mol. The van der Waals surface area contributed by atoms with Gasteiger partial charge in [-0.3, -0.25) is 14.2 Å². The number of benzene rings is 2. The highest BCUT2D eigenvalue weighted by Gasteiger charge is 2.21. The van der Waals surface area contributed by atoms with Gasteiger partial charge in [0.05, 0.1) is 19.3 Å². The maximum absolute atomic E-state index is 13.2. The summed E-state index contributed by atoms with van der Waals surface area (Å²) in [6.45, 7) is 4.01. The van der Waals surface area contributed by atoms with Crippen molar-refractivity contribution < 1.29 is 9.53 Å². The van der Waals surface area contributed by atoms with Crippen LogP contribution >= 0.6 is 11.6 Å². The Morgan fingerprint density at radius 3 is 2.52 bits per heavy atom. The Labute approximate surface area is 173 Å². The Morgan fingerprint density at radius 1 is 1.21 bits per heavy atom. The SMILES string of the molecule is C=CCNC(=O)c1nc(Cl)c(-c2ccc(OC)cc2)n(Cc2ccccc2)c1=O. The van der Waals surface area contributed by atoms with Crippen LogP contribution in [0.4, 0.5) is 0 Å². The molecule has 0 radical (unpaired) electrons. The summed E-state index contributed by atoms with van der Waals surface area (Å²) in [5.74, 6) is 0.0788. The molecule has 0 saturated heterocycles. The molecule has 29 heavy (non-hydrogen) atoms. The predicted octanol–water partition coefficient (Wildman–Crippen LogP) is 3.54. The third-order valence-electron chi connectivity index (χ3n) is 4.29. The summed E-state index contributed by atoms with van der Waals surface area (Å²) in [5.41, 5.74) is 1.23. The zero-order valence-corrected chi connectivity index (χ0v) is 16.6. The third-order valence-corrected chi connectivity index (χ3v) is 4.56. The summed E-state index contributed by atoms with van der Waals surface area (Å²) < 4.78 is 6.66. The zero-order valence-electron chi connectivity index (χ0n) is 15.9. The molecule has 0 aliphatic rings. The molecule has 0 spiro atoms. The third kappa shape index (κ3) is 4.55. The molecule has 0 bridgehead atoms. The standard InChI is InChI=1S/C22H20ClN3O3/c1-3-13-24-21(27)18-22(28)26(14-15-7-5-4-6-8-15)19(20(23)25-18)16-9-11-17(29-2)12-10-16/h3-12H,1,13-14H2,2H3,(H,24,27). The number of nitrogens with zero attached hydrogens (tertiary/aromatic N) is 2. The van der Waals surface area contributed by atoms with E-state index in [1.54, 1.807) is 31.4 Å². The molecular weight excluding hydrogens is 390 g/mol. The first-order valence-corrected chi connectivity index (χ1v) is 9.30. The van der Waals surface area contributed by atoms with Gasteiger partial charge in [-0.1, -0.05) is 48.0 Å². The van der Waals surface area contributed by atoms with Gasteiger partial charge in [0.25, 0.3) is 11.5 Å². The van der Waals surface area contributed by atoms with Gasteiger partial charge in [-0.15, -0.1) is 6.58 Å². The van der Waals surface area contributed by atoms with Crippen LogP contribution in [0.3, 0.4) is 0 Å². The molecule has 6 nitrogen and oxygen atoms in total. The normalized spacial score (nSPS) is 10.4. The number of hydrogen-bond donors (Lipinski definition) is 1. The molecule has 1 heterocycles. The molecular formula is C22H20ClN3O3. The van der Waals surface area contributed by atoms with Crippen LogP contribution in [-0.2, 0) is 6.54 Å². The first-order chi connectivity index (χ1) is 14.0. The van der Waals surface area contributed by atoms with E-state index < -0.39 is 11.5 Å². The molecule has 2 aromatic carbocycles. The Balaban J connectivity index is 2.17. The van der Waals surface area contributed by atoms with Crippen molar-refractivity contribution in [2.24, 2.45) is 0 Å². The summed E-state index contributed by atoms with van der Waals surface area (Å²) in [4.78, 5) is 29.7. The van der Waals surface area contributed by atoms with Gasteiger partial charge in [0.2, 0.25) is 0 Å². The molecule has 0 saturated carbocycles. The van der Waals surface area contributed by atoms with Gasteiger partial charge in [0.1, 0.15) is 5.75 Å². The number of aromatic nitrogens is 2. The van der Waals surface area contributed by atoms with Crippen molar-refractivity contribution in [2.75, 3.05) is 13.7 Å². The minimum Gasteiger partial charge on any atom is -0.497 e. The number of carbonyl (C=O) groups is 1. The van der Waals surface area contributed by atoms with E-state index in [9.17, 15) is 9.59 Å². The van der Waals surface area contributed by atoms with Gasteiger partial charge in [0.15, 0.2) is 10.8 Å². The first kappa shape index (κ1) is 20.4. The van der Waals surface area contributed by atoms with Gasteiger partial charge in [-0.2, -0.15) is 0 Å². The fourth-order valence-electron chi connectivity index (χ4n) is 2.88. The number of ether oxygens (including phenoxy) is 1. The van der Waals surface area contributed by atoms with E-state index >= 15 is 0 Å². The van der Waals surface area contributed by atoms with E-state index in [2.05, 4.69) is 16.9 Å². The first-order valence-electron chi connectivity index (χ1n) is 8.93. The molecule has 7 heteroatoms. The van der Waals surface area contributed by atoms with Crippen molar-refractivity contribution in [3.8, 4) is 17.0 Å². The van der Waals surface area contributed by atoms with E-state index in [0.717, 1.165) is 5.56 Å². The molecule has 3 aromatic rings. The van der Waals surface area contributed by atoms with Crippen LogP contribution in [-0.4, -0.2) is 29.1 Å². The summed E-state index contributed by atoms with van der Waals surface area (Å²) in [6, 6.07) is 16.6. The Bertz CT molecular complexity index is 1080. The van der Waals surface area contributed by atoms with Crippen molar-refractivity contribution in [3.63, 3.8) is 0 Å². The number of halogens is 1. The minimum atomic E-state index is -0.597. The molecule has 1 amide bonds. The average molecular weight is 410 g/mol. The van der Waals surface area contributed by atoms with Crippen molar-refractivity contribution in [2.45, 2.75) is 6.54 Å². The largest absolute Gasteiger partial charge is 0.497 e. The van der Waals surface area contributed by atoms with Crippen molar-refractivity contribution in [3.05, 3.63) is 94.0 Å². The zero-order chi connectivity index (χ0) is 20.8. The minimum absolute atomic E-state index is 0.0643. The fourth-order valence-corrected chi connectivity index (χ4v) is 3.17. The van der Waals surface area contributed by atoms with E-state index in [1.165, 1.54) is 10.6 Å². The van der Waals surface area contributed by atoms with E-state index in [4.69, 9.17) is 16.3 Å².